The number of nitrogens with two attached hydrogens (primary N) is 1. The standard InChI is InChI=1S/C12H10ClFN4O/c13-7-2-1-3-8(6-7)17-12(19)9-4-5-16-11(18-15)10(9)14/h1-6H,15H2,(H,16,18)(H,17,19). The van der Waals surface area contributed by atoms with Crippen molar-refractivity contribution in [2.24, 2.45) is 5.84 Å². The molecule has 1 amide bonds. The number of pyridine rings is 1. The van der Waals surface area contributed by atoms with Gasteiger partial charge in [0.15, 0.2) is 11.6 Å². The van der Waals surface area contributed by atoms with E-state index in [1.165, 1.54) is 12.3 Å². The van der Waals surface area contributed by atoms with Gasteiger partial charge in [0.25, 0.3) is 5.91 Å². The van der Waals surface area contributed by atoms with E-state index in [1.54, 1.807) is 24.3 Å². The quantitative estimate of drug-likeness (QED) is 0.596. The van der Waals surface area contributed by atoms with Crippen LogP contribution in [0.4, 0.5) is 15.9 Å². The first-order chi connectivity index (χ1) is 9.11. The number of anilines is 2. The molecule has 1 aromatic carbocycles. The molecular weight excluding hydrogens is 271 g/mol. The molecule has 0 aliphatic rings. The van der Waals surface area contributed by atoms with Crippen LogP contribution in [-0.2, 0) is 0 Å². The van der Waals surface area contributed by atoms with Crippen molar-refractivity contribution in [3.63, 3.8) is 0 Å². The van der Waals surface area contributed by atoms with Crippen molar-refractivity contribution in [2.45, 2.75) is 0 Å². The van der Waals surface area contributed by atoms with E-state index in [4.69, 9.17) is 17.4 Å². The summed E-state index contributed by atoms with van der Waals surface area (Å²) < 4.78 is 13.8. The van der Waals surface area contributed by atoms with Gasteiger partial charge >= 0.3 is 0 Å². The van der Waals surface area contributed by atoms with E-state index in [1.807, 2.05) is 0 Å². The van der Waals surface area contributed by atoms with Crippen LogP contribution in [0, 0.1) is 5.82 Å². The van der Waals surface area contributed by atoms with Crippen LogP contribution in [0.3, 0.4) is 0 Å². The van der Waals surface area contributed by atoms with Crippen LogP contribution >= 0.6 is 11.6 Å². The maximum absolute atomic E-state index is 13.8. The number of hydrogen-bond donors (Lipinski definition) is 3. The van der Waals surface area contributed by atoms with E-state index >= 15 is 0 Å². The molecular formula is C12H10ClFN4O. The number of nitrogens with one attached hydrogen (secondary N) is 2. The Hall–Kier alpha value is -2.18. The topological polar surface area (TPSA) is 80.0 Å². The van der Waals surface area contributed by atoms with E-state index < -0.39 is 11.7 Å². The van der Waals surface area contributed by atoms with Gasteiger partial charge in [0.2, 0.25) is 0 Å². The van der Waals surface area contributed by atoms with Crippen molar-refractivity contribution in [3.8, 4) is 0 Å². The number of rotatable bonds is 3. The van der Waals surface area contributed by atoms with Crippen LogP contribution in [0.2, 0.25) is 5.02 Å². The highest BCUT2D eigenvalue weighted by atomic mass is 35.5. The van der Waals surface area contributed by atoms with Crippen LogP contribution in [0.1, 0.15) is 10.4 Å². The van der Waals surface area contributed by atoms with E-state index in [0.717, 1.165) is 0 Å². The van der Waals surface area contributed by atoms with Crippen molar-refractivity contribution < 1.29 is 9.18 Å². The number of carbonyl (C=O) groups excluding carboxylic acids is 1. The predicted molar refractivity (Wildman–Crippen MR) is 71.4 cm³/mol. The summed E-state index contributed by atoms with van der Waals surface area (Å²) in [5.74, 6) is 3.47. The summed E-state index contributed by atoms with van der Waals surface area (Å²) in [5.41, 5.74) is 2.38. The molecule has 19 heavy (non-hydrogen) atoms. The third-order valence-corrected chi connectivity index (χ3v) is 2.59. The predicted octanol–water partition coefficient (Wildman–Crippen LogP) is 2.41. The SMILES string of the molecule is NNc1nccc(C(=O)Nc2cccc(Cl)c2)c1F. The van der Waals surface area contributed by atoms with E-state index in [9.17, 15) is 9.18 Å². The van der Waals surface area contributed by atoms with Gasteiger partial charge in [-0.3, -0.25) is 4.79 Å². The molecule has 7 heteroatoms. The molecule has 0 saturated heterocycles. The minimum Gasteiger partial charge on any atom is -0.322 e. The molecule has 0 fully saturated rings. The second-order valence-electron chi connectivity index (χ2n) is 3.63. The molecule has 1 heterocycles. The Bertz CT molecular complexity index is 620. The second-order valence-corrected chi connectivity index (χ2v) is 4.07. The molecule has 0 radical (unpaired) electrons. The summed E-state index contributed by atoms with van der Waals surface area (Å²) in [5, 5.41) is 3.00. The normalized spacial score (nSPS) is 10.1. The summed E-state index contributed by atoms with van der Waals surface area (Å²) in [6, 6.07) is 7.80. The maximum Gasteiger partial charge on any atom is 0.258 e. The highest BCUT2D eigenvalue weighted by Crippen LogP contribution is 2.18. The lowest BCUT2D eigenvalue weighted by atomic mass is 10.2. The summed E-state index contributed by atoms with van der Waals surface area (Å²) in [4.78, 5) is 15.6. The third-order valence-electron chi connectivity index (χ3n) is 2.35. The van der Waals surface area contributed by atoms with Gasteiger partial charge in [-0.25, -0.2) is 15.2 Å². The molecule has 1 aromatic heterocycles. The van der Waals surface area contributed by atoms with Crippen molar-refractivity contribution in [1.29, 1.82) is 0 Å². The van der Waals surface area contributed by atoms with Gasteiger partial charge < -0.3 is 10.7 Å². The number of benzene rings is 1. The van der Waals surface area contributed by atoms with Crippen LogP contribution in [-0.4, -0.2) is 10.9 Å². The monoisotopic (exact) mass is 280 g/mol. The Morgan fingerprint density at radius 1 is 1.37 bits per heavy atom. The molecule has 2 aromatic rings. The molecule has 0 aliphatic heterocycles. The fourth-order valence-corrected chi connectivity index (χ4v) is 1.67. The fourth-order valence-electron chi connectivity index (χ4n) is 1.48. The van der Waals surface area contributed by atoms with Crippen molar-refractivity contribution in [2.75, 3.05) is 10.7 Å². The number of halogens is 2. The Labute approximate surface area is 113 Å². The zero-order chi connectivity index (χ0) is 13.8. The first-order valence-corrected chi connectivity index (χ1v) is 5.67. The maximum atomic E-state index is 13.8. The molecule has 0 atom stereocenters. The number of amides is 1. The second kappa shape index (κ2) is 5.64. The summed E-state index contributed by atoms with van der Waals surface area (Å²) in [7, 11) is 0. The largest absolute Gasteiger partial charge is 0.322 e. The molecule has 0 saturated carbocycles. The zero-order valence-electron chi connectivity index (χ0n) is 9.65. The number of nitrogen functional groups attached to an aromatic ring is 1. The van der Waals surface area contributed by atoms with Crippen molar-refractivity contribution >= 4 is 29.0 Å². The fraction of sp³-hybridized carbons (Fsp3) is 0. The van der Waals surface area contributed by atoms with Gasteiger partial charge in [-0.05, 0) is 24.3 Å². The Kier molecular flexibility index (Phi) is 3.94. The van der Waals surface area contributed by atoms with Gasteiger partial charge in [-0.15, -0.1) is 0 Å². The molecule has 0 spiro atoms. The molecule has 0 bridgehead atoms. The van der Waals surface area contributed by atoms with E-state index in [0.29, 0.717) is 10.7 Å². The van der Waals surface area contributed by atoms with Crippen LogP contribution in [0.25, 0.3) is 0 Å². The number of nitrogens with zero attached hydrogens (tertiary/aromatic N) is 1. The average Bonchev–Trinajstić information content (AvgIpc) is 2.39. The number of hydrazine groups is 1. The van der Waals surface area contributed by atoms with Crippen LogP contribution < -0.4 is 16.6 Å². The van der Waals surface area contributed by atoms with Gasteiger partial charge in [0.05, 0.1) is 5.56 Å². The lowest BCUT2D eigenvalue weighted by molar-refractivity contribution is 0.102. The Morgan fingerprint density at radius 2 is 2.16 bits per heavy atom. The molecule has 98 valence electrons. The highest BCUT2D eigenvalue weighted by Gasteiger charge is 2.15. The Balaban J connectivity index is 2.25. The minimum atomic E-state index is -0.815. The summed E-state index contributed by atoms with van der Waals surface area (Å²) in [6.07, 6.45) is 1.28. The Morgan fingerprint density at radius 3 is 2.84 bits per heavy atom. The zero-order valence-corrected chi connectivity index (χ0v) is 10.4. The molecule has 5 nitrogen and oxygen atoms in total. The van der Waals surface area contributed by atoms with Crippen molar-refractivity contribution in [3.05, 3.63) is 52.9 Å². The molecule has 0 aliphatic carbocycles. The molecule has 4 N–H and O–H groups in total. The number of aromatic nitrogens is 1. The smallest absolute Gasteiger partial charge is 0.258 e. The van der Waals surface area contributed by atoms with Crippen LogP contribution in [0.15, 0.2) is 36.5 Å². The molecule has 0 unspecified atom stereocenters. The summed E-state index contributed by atoms with van der Waals surface area (Å²) >= 11 is 5.79. The van der Waals surface area contributed by atoms with E-state index in [2.05, 4.69) is 15.7 Å². The number of carbonyl (C=O) groups is 1. The minimum absolute atomic E-state index is 0.164. The number of hydrogen-bond acceptors (Lipinski definition) is 4. The van der Waals surface area contributed by atoms with Gasteiger partial charge in [-0.1, -0.05) is 17.7 Å². The molecule has 2 rings (SSSR count). The average molecular weight is 281 g/mol. The van der Waals surface area contributed by atoms with Crippen molar-refractivity contribution in [1.82, 2.24) is 4.98 Å². The first-order valence-electron chi connectivity index (χ1n) is 5.30. The lowest BCUT2D eigenvalue weighted by Crippen LogP contribution is -2.17. The third kappa shape index (κ3) is 2.98. The highest BCUT2D eigenvalue weighted by molar-refractivity contribution is 6.30. The first kappa shape index (κ1) is 13.3. The van der Waals surface area contributed by atoms with Gasteiger partial charge in [-0.2, -0.15) is 0 Å². The van der Waals surface area contributed by atoms with Gasteiger partial charge in [0.1, 0.15) is 0 Å². The van der Waals surface area contributed by atoms with Crippen LogP contribution in [0.5, 0.6) is 0 Å². The van der Waals surface area contributed by atoms with E-state index in [-0.39, 0.29) is 11.4 Å². The summed E-state index contributed by atoms with van der Waals surface area (Å²) in [6.45, 7) is 0. The lowest BCUT2D eigenvalue weighted by Gasteiger charge is -2.08. The van der Waals surface area contributed by atoms with Gasteiger partial charge in [0, 0.05) is 16.9 Å².